The third kappa shape index (κ3) is 5.33. The number of rotatable bonds is 7. The quantitative estimate of drug-likeness (QED) is 0.472. The SMILES string of the molecule is NC(=NC1CCCCC1)c1ccc(S(=O)(=O)N(Cc2ccc(O)cc2)C2CCCC2)cc1. The number of nitrogens with two attached hydrogens (primary N) is 1. The first-order valence-corrected chi connectivity index (χ1v) is 13.1. The Kier molecular flexibility index (Phi) is 7.16. The fraction of sp³-hybridized carbons (Fsp3) is 0.480. The molecule has 0 radical (unpaired) electrons. The van der Waals surface area contributed by atoms with Crippen LogP contribution in [0.5, 0.6) is 5.75 Å². The molecule has 0 aliphatic heterocycles. The highest BCUT2D eigenvalue weighted by atomic mass is 32.2. The minimum absolute atomic E-state index is 0.00795. The molecule has 4 rings (SSSR count). The largest absolute Gasteiger partial charge is 0.508 e. The fourth-order valence-corrected chi connectivity index (χ4v) is 6.47. The lowest BCUT2D eigenvalue weighted by Crippen LogP contribution is -2.38. The van der Waals surface area contributed by atoms with Crippen LogP contribution in [-0.2, 0) is 16.6 Å². The molecule has 0 unspecified atom stereocenters. The van der Waals surface area contributed by atoms with Gasteiger partial charge in [0.05, 0.1) is 10.9 Å². The fourth-order valence-electron chi connectivity index (χ4n) is 4.80. The van der Waals surface area contributed by atoms with E-state index in [4.69, 9.17) is 5.73 Å². The molecule has 2 fully saturated rings. The minimum atomic E-state index is -3.67. The first kappa shape index (κ1) is 22.8. The Morgan fingerprint density at radius 1 is 0.906 bits per heavy atom. The third-order valence-electron chi connectivity index (χ3n) is 6.66. The molecule has 0 saturated heterocycles. The molecule has 0 amide bonds. The Morgan fingerprint density at radius 2 is 1.50 bits per heavy atom. The zero-order valence-corrected chi connectivity index (χ0v) is 19.3. The second-order valence-electron chi connectivity index (χ2n) is 8.99. The Labute approximate surface area is 191 Å². The number of amidine groups is 1. The van der Waals surface area contributed by atoms with Gasteiger partial charge in [-0.1, -0.05) is 44.2 Å². The summed E-state index contributed by atoms with van der Waals surface area (Å²) in [5.41, 5.74) is 7.85. The number of sulfonamides is 1. The Balaban J connectivity index is 1.56. The van der Waals surface area contributed by atoms with E-state index in [1.54, 1.807) is 52.8 Å². The van der Waals surface area contributed by atoms with Crippen LogP contribution in [0.4, 0.5) is 0 Å². The number of phenols is 1. The summed E-state index contributed by atoms with van der Waals surface area (Å²) in [5, 5.41) is 9.56. The summed E-state index contributed by atoms with van der Waals surface area (Å²) in [6.07, 6.45) is 9.61. The van der Waals surface area contributed by atoms with Gasteiger partial charge in [0.25, 0.3) is 0 Å². The lowest BCUT2D eigenvalue weighted by atomic mass is 9.96. The van der Waals surface area contributed by atoms with Crippen molar-refractivity contribution in [2.75, 3.05) is 0 Å². The summed E-state index contributed by atoms with van der Waals surface area (Å²) in [6, 6.07) is 13.8. The molecule has 3 N–H and O–H groups in total. The van der Waals surface area contributed by atoms with Crippen molar-refractivity contribution in [2.45, 2.75) is 81.3 Å². The normalized spacial score (nSPS) is 19.0. The monoisotopic (exact) mass is 455 g/mol. The second kappa shape index (κ2) is 10.0. The molecule has 0 aromatic heterocycles. The van der Waals surface area contributed by atoms with Gasteiger partial charge in [-0.3, -0.25) is 4.99 Å². The van der Waals surface area contributed by atoms with Gasteiger partial charge in [0.1, 0.15) is 11.6 Å². The van der Waals surface area contributed by atoms with Gasteiger partial charge in [-0.25, -0.2) is 8.42 Å². The van der Waals surface area contributed by atoms with Crippen LogP contribution in [-0.4, -0.2) is 35.7 Å². The van der Waals surface area contributed by atoms with E-state index in [2.05, 4.69) is 4.99 Å². The van der Waals surface area contributed by atoms with Crippen LogP contribution in [0, 0.1) is 0 Å². The second-order valence-corrected chi connectivity index (χ2v) is 10.9. The van der Waals surface area contributed by atoms with Gasteiger partial charge in [-0.2, -0.15) is 4.31 Å². The van der Waals surface area contributed by atoms with Crippen molar-refractivity contribution < 1.29 is 13.5 Å². The maximum Gasteiger partial charge on any atom is 0.243 e. The van der Waals surface area contributed by atoms with Crippen molar-refractivity contribution in [3.8, 4) is 5.75 Å². The van der Waals surface area contributed by atoms with Crippen molar-refractivity contribution in [3.05, 3.63) is 59.7 Å². The number of benzene rings is 2. The van der Waals surface area contributed by atoms with Crippen molar-refractivity contribution in [1.29, 1.82) is 0 Å². The number of hydrogen-bond donors (Lipinski definition) is 2. The van der Waals surface area contributed by atoms with Gasteiger partial charge in [0, 0.05) is 18.2 Å². The summed E-state index contributed by atoms with van der Waals surface area (Å²) < 4.78 is 28.8. The minimum Gasteiger partial charge on any atom is -0.508 e. The molecule has 2 aliphatic rings. The molecule has 0 heterocycles. The molecule has 0 bridgehead atoms. The maximum atomic E-state index is 13.6. The van der Waals surface area contributed by atoms with Gasteiger partial charge in [-0.05, 0) is 67.6 Å². The molecular weight excluding hydrogens is 422 g/mol. The number of nitrogens with zero attached hydrogens (tertiary/aromatic N) is 2. The van der Waals surface area contributed by atoms with Gasteiger partial charge < -0.3 is 10.8 Å². The lowest BCUT2D eigenvalue weighted by Gasteiger charge is -2.28. The molecule has 0 atom stereocenters. The average molecular weight is 456 g/mol. The summed E-state index contributed by atoms with van der Waals surface area (Å²) in [7, 11) is -3.67. The van der Waals surface area contributed by atoms with E-state index in [9.17, 15) is 13.5 Å². The first-order chi connectivity index (χ1) is 15.4. The smallest absolute Gasteiger partial charge is 0.243 e. The van der Waals surface area contributed by atoms with Crippen LogP contribution >= 0.6 is 0 Å². The molecule has 2 aromatic carbocycles. The maximum absolute atomic E-state index is 13.6. The van der Waals surface area contributed by atoms with E-state index in [0.29, 0.717) is 12.4 Å². The lowest BCUT2D eigenvalue weighted by molar-refractivity contribution is 0.316. The van der Waals surface area contributed by atoms with E-state index in [1.807, 2.05) is 0 Å². The predicted molar refractivity (Wildman–Crippen MR) is 127 cm³/mol. The van der Waals surface area contributed by atoms with Crippen molar-refractivity contribution in [3.63, 3.8) is 0 Å². The molecule has 172 valence electrons. The van der Waals surface area contributed by atoms with E-state index < -0.39 is 10.0 Å². The van der Waals surface area contributed by atoms with E-state index in [-0.39, 0.29) is 22.7 Å². The molecule has 2 aromatic rings. The standard InChI is InChI=1S/C25H33N3O3S/c26-25(27-21-6-2-1-3-7-21)20-12-16-24(17-13-20)32(30,31)28(22-8-4-5-9-22)18-19-10-14-23(29)15-11-19/h10-17,21-22,29H,1-9,18H2,(H2,26,27). The number of phenolic OH excluding ortho intramolecular Hbond substituents is 1. The average Bonchev–Trinajstić information content (AvgIpc) is 3.34. The van der Waals surface area contributed by atoms with Gasteiger partial charge in [0.15, 0.2) is 0 Å². The van der Waals surface area contributed by atoms with Crippen LogP contribution in [0.1, 0.15) is 68.9 Å². The van der Waals surface area contributed by atoms with E-state index in [1.165, 1.54) is 19.3 Å². The zero-order valence-electron chi connectivity index (χ0n) is 18.5. The van der Waals surface area contributed by atoms with Crippen molar-refractivity contribution >= 4 is 15.9 Å². The van der Waals surface area contributed by atoms with Gasteiger partial charge in [0.2, 0.25) is 10.0 Å². The molecule has 2 saturated carbocycles. The highest BCUT2D eigenvalue weighted by Gasteiger charge is 2.33. The Hall–Kier alpha value is -2.38. The third-order valence-corrected chi connectivity index (χ3v) is 8.57. The summed E-state index contributed by atoms with van der Waals surface area (Å²) in [6.45, 7) is 0.292. The number of aliphatic imine (C=N–C) groups is 1. The number of aromatic hydroxyl groups is 1. The van der Waals surface area contributed by atoms with Crippen LogP contribution in [0.3, 0.4) is 0 Å². The summed E-state index contributed by atoms with van der Waals surface area (Å²) in [5.74, 6) is 0.657. The topological polar surface area (TPSA) is 96.0 Å². The summed E-state index contributed by atoms with van der Waals surface area (Å²) in [4.78, 5) is 4.95. The number of hydrogen-bond acceptors (Lipinski definition) is 4. The molecule has 0 spiro atoms. The van der Waals surface area contributed by atoms with E-state index in [0.717, 1.165) is 49.7 Å². The van der Waals surface area contributed by atoms with Crippen LogP contribution in [0.2, 0.25) is 0 Å². The van der Waals surface area contributed by atoms with Gasteiger partial charge in [-0.15, -0.1) is 0 Å². The Morgan fingerprint density at radius 3 is 2.12 bits per heavy atom. The van der Waals surface area contributed by atoms with E-state index >= 15 is 0 Å². The molecule has 32 heavy (non-hydrogen) atoms. The van der Waals surface area contributed by atoms with Crippen molar-refractivity contribution in [1.82, 2.24) is 4.31 Å². The van der Waals surface area contributed by atoms with Crippen molar-refractivity contribution in [2.24, 2.45) is 10.7 Å². The zero-order chi connectivity index (χ0) is 22.6. The first-order valence-electron chi connectivity index (χ1n) is 11.7. The molecule has 7 heteroatoms. The highest BCUT2D eigenvalue weighted by molar-refractivity contribution is 7.89. The molecular formula is C25H33N3O3S. The van der Waals surface area contributed by atoms with Crippen LogP contribution in [0.15, 0.2) is 58.4 Å². The van der Waals surface area contributed by atoms with Crippen LogP contribution in [0.25, 0.3) is 0 Å². The molecule has 6 nitrogen and oxygen atoms in total. The summed E-state index contributed by atoms with van der Waals surface area (Å²) >= 11 is 0. The predicted octanol–water partition coefficient (Wildman–Crippen LogP) is 4.56. The Bertz CT molecular complexity index is 1020. The molecule has 2 aliphatic carbocycles. The van der Waals surface area contributed by atoms with Gasteiger partial charge >= 0.3 is 0 Å². The highest BCUT2D eigenvalue weighted by Crippen LogP contribution is 2.31. The van der Waals surface area contributed by atoms with Crippen LogP contribution < -0.4 is 5.73 Å².